The molecule has 98 valence electrons. The fraction of sp³-hybridized carbons (Fsp3) is 0.385. The van der Waals surface area contributed by atoms with Crippen LogP contribution in [0.3, 0.4) is 0 Å². The zero-order chi connectivity index (χ0) is 13.3. The second-order valence-electron chi connectivity index (χ2n) is 4.87. The molecule has 0 spiro atoms. The van der Waals surface area contributed by atoms with Crippen LogP contribution in [0.15, 0.2) is 24.4 Å². The minimum Gasteiger partial charge on any atom is -0.382 e. The molecule has 0 atom stereocenters. The van der Waals surface area contributed by atoms with E-state index in [9.17, 15) is 8.42 Å². The van der Waals surface area contributed by atoms with Crippen LogP contribution in [0, 0.1) is 5.92 Å². The Labute approximate surface area is 107 Å². The Morgan fingerprint density at radius 3 is 2.61 bits per heavy atom. The molecule has 0 unspecified atom stereocenters. The van der Waals surface area contributed by atoms with Crippen molar-refractivity contribution in [1.82, 2.24) is 4.98 Å². The molecule has 0 amide bonds. The van der Waals surface area contributed by atoms with Gasteiger partial charge < -0.3 is 9.17 Å². The van der Waals surface area contributed by atoms with Gasteiger partial charge in [0.1, 0.15) is 5.75 Å². The molecule has 5 heteroatoms. The largest absolute Gasteiger partial charge is 0.382 e. The van der Waals surface area contributed by atoms with Gasteiger partial charge in [-0.2, -0.15) is 8.42 Å². The molecule has 0 aliphatic heterocycles. The average Bonchev–Trinajstić information content (AvgIpc) is 2.67. The van der Waals surface area contributed by atoms with E-state index in [1.807, 2.05) is 18.3 Å². The number of fused-ring (bicyclic) bond motifs is 1. The lowest BCUT2D eigenvalue weighted by Gasteiger charge is -2.12. The van der Waals surface area contributed by atoms with E-state index >= 15 is 0 Å². The van der Waals surface area contributed by atoms with Crippen molar-refractivity contribution in [2.45, 2.75) is 20.3 Å². The summed E-state index contributed by atoms with van der Waals surface area (Å²) in [5.74, 6) is 0.853. The summed E-state index contributed by atoms with van der Waals surface area (Å²) < 4.78 is 27.6. The summed E-state index contributed by atoms with van der Waals surface area (Å²) in [6.45, 7) is 4.19. The van der Waals surface area contributed by atoms with Crippen LogP contribution in [0.1, 0.15) is 19.4 Å². The molecule has 1 N–H and O–H groups in total. The fourth-order valence-corrected chi connectivity index (χ4v) is 2.52. The fourth-order valence-electron chi connectivity index (χ4n) is 2.04. The second-order valence-corrected chi connectivity index (χ2v) is 6.44. The molecule has 1 aromatic carbocycles. The minimum atomic E-state index is -3.50. The summed E-state index contributed by atoms with van der Waals surface area (Å²) in [5, 5.41) is 1.02. The summed E-state index contributed by atoms with van der Waals surface area (Å²) in [6, 6.07) is 5.49. The van der Waals surface area contributed by atoms with Crippen molar-refractivity contribution in [2.75, 3.05) is 6.26 Å². The first kappa shape index (κ1) is 13.0. The molecular formula is C13H17NO3S. The maximum absolute atomic E-state index is 11.3. The van der Waals surface area contributed by atoms with Crippen molar-refractivity contribution in [3.63, 3.8) is 0 Å². The van der Waals surface area contributed by atoms with E-state index < -0.39 is 10.1 Å². The number of benzene rings is 1. The molecule has 2 aromatic rings. The molecule has 0 saturated carbocycles. The van der Waals surface area contributed by atoms with Crippen LogP contribution in [-0.4, -0.2) is 19.7 Å². The van der Waals surface area contributed by atoms with Gasteiger partial charge in [-0.05, 0) is 30.5 Å². The number of rotatable bonds is 4. The van der Waals surface area contributed by atoms with Crippen LogP contribution in [-0.2, 0) is 16.5 Å². The van der Waals surface area contributed by atoms with Crippen molar-refractivity contribution in [3.8, 4) is 5.75 Å². The Balaban J connectivity index is 2.57. The van der Waals surface area contributed by atoms with Crippen molar-refractivity contribution >= 4 is 21.0 Å². The number of aromatic nitrogens is 1. The Bertz CT molecular complexity index is 656. The quantitative estimate of drug-likeness (QED) is 0.866. The third kappa shape index (κ3) is 2.85. The Morgan fingerprint density at radius 1 is 1.28 bits per heavy atom. The Kier molecular flexibility index (Phi) is 3.34. The van der Waals surface area contributed by atoms with E-state index in [2.05, 4.69) is 18.8 Å². The summed E-state index contributed by atoms with van der Waals surface area (Å²) in [7, 11) is -3.50. The van der Waals surface area contributed by atoms with Crippen LogP contribution >= 0.6 is 0 Å². The van der Waals surface area contributed by atoms with Crippen molar-refractivity contribution in [1.29, 1.82) is 0 Å². The van der Waals surface area contributed by atoms with Crippen molar-refractivity contribution in [2.24, 2.45) is 5.92 Å². The van der Waals surface area contributed by atoms with Crippen LogP contribution in [0.25, 0.3) is 10.9 Å². The molecule has 2 rings (SSSR count). The molecule has 0 fully saturated rings. The number of hydrogen-bond donors (Lipinski definition) is 1. The van der Waals surface area contributed by atoms with Gasteiger partial charge >= 0.3 is 10.1 Å². The zero-order valence-electron chi connectivity index (χ0n) is 10.7. The SMILES string of the molecule is CC(C)Cc1c(OS(C)(=O)=O)ccc2[nH]ccc12. The van der Waals surface area contributed by atoms with Gasteiger partial charge in [0, 0.05) is 22.7 Å². The molecule has 0 radical (unpaired) electrons. The van der Waals surface area contributed by atoms with Gasteiger partial charge in [-0.3, -0.25) is 0 Å². The van der Waals surface area contributed by atoms with Crippen LogP contribution < -0.4 is 4.18 Å². The third-order valence-corrected chi connectivity index (χ3v) is 3.14. The van der Waals surface area contributed by atoms with E-state index in [0.717, 1.165) is 29.1 Å². The van der Waals surface area contributed by atoms with Crippen molar-refractivity contribution < 1.29 is 12.6 Å². The van der Waals surface area contributed by atoms with Crippen LogP contribution in [0.5, 0.6) is 5.75 Å². The van der Waals surface area contributed by atoms with Crippen molar-refractivity contribution in [3.05, 3.63) is 30.0 Å². The number of H-pyrrole nitrogens is 1. The first-order valence-electron chi connectivity index (χ1n) is 5.85. The minimum absolute atomic E-state index is 0.424. The highest BCUT2D eigenvalue weighted by molar-refractivity contribution is 7.86. The van der Waals surface area contributed by atoms with Crippen LogP contribution in [0.4, 0.5) is 0 Å². The van der Waals surface area contributed by atoms with E-state index in [1.54, 1.807) is 6.07 Å². The highest BCUT2D eigenvalue weighted by atomic mass is 32.2. The highest BCUT2D eigenvalue weighted by Gasteiger charge is 2.14. The summed E-state index contributed by atoms with van der Waals surface area (Å²) in [6.07, 6.45) is 3.69. The highest BCUT2D eigenvalue weighted by Crippen LogP contribution is 2.30. The van der Waals surface area contributed by atoms with Gasteiger partial charge in [-0.15, -0.1) is 0 Å². The summed E-state index contributed by atoms with van der Waals surface area (Å²) in [4.78, 5) is 3.12. The van der Waals surface area contributed by atoms with E-state index in [-0.39, 0.29) is 0 Å². The van der Waals surface area contributed by atoms with Crippen LogP contribution in [0.2, 0.25) is 0 Å². The molecule has 0 aliphatic carbocycles. The lowest BCUT2D eigenvalue weighted by Crippen LogP contribution is -2.08. The normalized spacial score (nSPS) is 12.2. The first-order chi connectivity index (χ1) is 8.37. The smallest absolute Gasteiger partial charge is 0.306 e. The number of hydrogen-bond acceptors (Lipinski definition) is 3. The molecule has 1 aromatic heterocycles. The monoisotopic (exact) mass is 267 g/mol. The number of aromatic amines is 1. The summed E-state index contributed by atoms with van der Waals surface area (Å²) in [5.41, 5.74) is 1.93. The molecule has 1 heterocycles. The average molecular weight is 267 g/mol. The predicted octanol–water partition coefficient (Wildman–Crippen LogP) is 2.70. The predicted molar refractivity (Wildman–Crippen MR) is 72.3 cm³/mol. The lowest BCUT2D eigenvalue weighted by molar-refractivity contribution is 0.487. The molecule has 18 heavy (non-hydrogen) atoms. The molecule has 0 aliphatic rings. The molecule has 4 nitrogen and oxygen atoms in total. The molecule has 0 bridgehead atoms. The third-order valence-electron chi connectivity index (χ3n) is 2.66. The second kappa shape index (κ2) is 4.65. The first-order valence-corrected chi connectivity index (χ1v) is 7.67. The maximum atomic E-state index is 11.3. The molecular weight excluding hydrogens is 250 g/mol. The standard InChI is InChI=1S/C13H17NO3S/c1-9(2)8-11-10-6-7-14-12(10)4-5-13(11)17-18(3,15)16/h4-7,9,14H,8H2,1-3H3. The van der Waals surface area contributed by atoms with Gasteiger partial charge in [-0.25, -0.2) is 0 Å². The number of nitrogens with one attached hydrogen (secondary N) is 1. The maximum Gasteiger partial charge on any atom is 0.306 e. The zero-order valence-corrected chi connectivity index (χ0v) is 11.5. The van der Waals surface area contributed by atoms with Gasteiger partial charge in [0.05, 0.1) is 6.26 Å². The van der Waals surface area contributed by atoms with Gasteiger partial charge in [0.2, 0.25) is 0 Å². The van der Waals surface area contributed by atoms with Gasteiger partial charge in [0.25, 0.3) is 0 Å². The van der Waals surface area contributed by atoms with E-state index in [0.29, 0.717) is 11.7 Å². The van der Waals surface area contributed by atoms with Gasteiger partial charge in [0.15, 0.2) is 0 Å². The molecule has 0 saturated heterocycles. The lowest BCUT2D eigenvalue weighted by atomic mass is 9.99. The van der Waals surface area contributed by atoms with E-state index in [4.69, 9.17) is 4.18 Å². The Hall–Kier alpha value is -1.49. The van der Waals surface area contributed by atoms with E-state index in [1.165, 1.54) is 0 Å². The Morgan fingerprint density at radius 2 is 2.00 bits per heavy atom. The summed E-state index contributed by atoms with van der Waals surface area (Å²) >= 11 is 0. The topological polar surface area (TPSA) is 59.2 Å². The van der Waals surface area contributed by atoms with Gasteiger partial charge in [-0.1, -0.05) is 13.8 Å².